The third-order valence-corrected chi connectivity index (χ3v) is 5.03. The minimum absolute atomic E-state index is 0.370. The molecule has 4 rings (SSSR count). The summed E-state index contributed by atoms with van der Waals surface area (Å²) in [5, 5.41) is 34.7. The van der Waals surface area contributed by atoms with E-state index in [1.54, 1.807) is 12.4 Å². The molecule has 4 N–H and O–H groups in total. The number of ether oxygens (including phenoxy) is 1. The molecule has 1 unspecified atom stereocenters. The number of hydrogen-bond acceptors (Lipinski definition) is 10. The summed E-state index contributed by atoms with van der Waals surface area (Å²) in [6, 6.07) is 3.71. The molecule has 3 aromatic rings. The van der Waals surface area contributed by atoms with Crippen molar-refractivity contribution in [3.05, 3.63) is 42.7 Å². The normalized spacial score (nSPS) is 27.5. The van der Waals surface area contributed by atoms with Crippen LogP contribution in [0.4, 0.5) is 5.82 Å². The summed E-state index contributed by atoms with van der Waals surface area (Å²) >= 11 is 0. The number of fused-ring (bicyclic) bond motifs is 1. The van der Waals surface area contributed by atoms with Gasteiger partial charge in [0, 0.05) is 18.0 Å². The van der Waals surface area contributed by atoms with E-state index in [4.69, 9.17) is 4.74 Å². The lowest BCUT2D eigenvalue weighted by Gasteiger charge is -2.25. The highest BCUT2D eigenvalue weighted by molar-refractivity contribution is 5.99. The number of rotatable bonds is 5. The summed E-state index contributed by atoms with van der Waals surface area (Å²) in [4.78, 5) is 16.8. The van der Waals surface area contributed by atoms with Crippen molar-refractivity contribution < 1.29 is 20.1 Å². The van der Waals surface area contributed by atoms with E-state index in [1.807, 2.05) is 19.1 Å². The van der Waals surface area contributed by atoms with Crippen LogP contribution in [0.2, 0.25) is 0 Å². The van der Waals surface area contributed by atoms with E-state index < -0.39 is 30.6 Å². The van der Waals surface area contributed by atoms with E-state index >= 15 is 0 Å². The van der Waals surface area contributed by atoms with Gasteiger partial charge in [-0.2, -0.15) is 5.10 Å². The van der Waals surface area contributed by atoms with Gasteiger partial charge < -0.3 is 20.1 Å². The van der Waals surface area contributed by atoms with Crippen LogP contribution in [0.25, 0.3) is 11.2 Å². The lowest BCUT2D eigenvalue weighted by atomic mass is 9.95. The number of pyridine rings is 1. The lowest BCUT2D eigenvalue weighted by molar-refractivity contribution is -0.0804. The highest BCUT2D eigenvalue weighted by Gasteiger charge is 2.52. The Labute approximate surface area is 165 Å². The first-order chi connectivity index (χ1) is 13.9. The molecule has 1 fully saturated rings. The van der Waals surface area contributed by atoms with E-state index in [2.05, 4.69) is 30.5 Å². The predicted octanol–water partition coefficient (Wildman–Crippen LogP) is 0.0590. The Balaban J connectivity index is 1.64. The minimum atomic E-state index is -1.62. The molecule has 11 heteroatoms. The van der Waals surface area contributed by atoms with Crippen LogP contribution in [0, 0.1) is 0 Å². The van der Waals surface area contributed by atoms with Crippen molar-refractivity contribution >= 4 is 22.7 Å². The molecule has 0 aliphatic carbocycles. The van der Waals surface area contributed by atoms with Gasteiger partial charge in [0.25, 0.3) is 0 Å². The molecule has 0 spiro atoms. The second-order valence-electron chi connectivity index (χ2n) is 6.97. The Kier molecular flexibility index (Phi) is 4.96. The summed E-state index contributed by atoms with van der Waals surface area (Å²) in [5.74, 6) is 0.370. The number of hydrogen-bond donors (Lipinski definition) is 4. The van der Waals surface area contributed by atoms with Crippen molar-refractivity contribution in [2.24, 2.45) is 5.10 Å². The van der Waals surface area contributed by atoms with Gasteiger partial charge in [-0.25, -0.2) is 15.0 Å². The quantitative estimate of drug-likeness (QED) is 0.345. The lowest BCUT2D eigenvalue weighted by Crippen LogP contribution is -2.46. The van der Waals surface area contributed by atoms with Crippen LogP contribution in [0.15, 0.2) is 42.3 Å². The Morgan fingerprint density at radius 3 is 2.90 bits per heavy atom. The Morgan fingerprint density at radius 2 is 2.21 bits per heavy atom. The number of nitrogens with one attached hydrogen (secondary N) is 1. The van der Waals surface area contributed by atoms with E-state index in [9.17, 15) is 15.3 Å². The molecular weight excluding hydrogens is 378 g/mol. The fraction of sp³-hybridized carbons (Fsp3) is 0.389. The Bertz CT molecular complexity index is 1040. The summed E-state index contributed by atoms with van der Waals surface area (Å²) < 4.78 is 7.14. The van der Waals surface area contributed by atoms with E-state index in [0.717, 1.165) is 5.56 Å². The second kappa shape index (κ2) is 7.44. The molecule has 4 heterocycles. The van der Waals surface area contributed by atoms with Gasteiger partial charge in [0.05, 0.1) is 18.6 Å². The van der Waals surface area contributed by atoms with Gasteiger partial charge in [-0.1, -0.05) is 6.07 Å². The van der Waals surface area contributed by atoms with Gasteiger partial charge in [0.1, 0.15) is 24.1 Å². The maximum absolute atomic E-state index is 10.5. The zero-order valence-electron chi connectivity index (χ0n) is 15.8. The van der Waals surface area contributed by atoms with E-state index in [-0.39, 0.29) is 0 Å². The minimum Gasteiger partial charge on any atom is -0.394 e. The van der Waals surface area contributed by atoms with Gasteiger partial charge in [-0.15, -0.1) is 0 Å². The van der Waals surface area contributed by atoms with Crippen molar-refractivity contribution in [1.82, 2.24) is 24.5 Å². The van der Waals surface area contributed by atoms with Crippen LogP contribution in [-0.4, -0.2) is 70.0 Å². The molecule has 0 saturated carbocycles. The number of anilines is 1. The number of nitrogens with zero attached hydrogens (tertiary/aromatic N) is 6. The maximum Gasteiger partial charge on any atom is 0.177 e. The topological polar surface area (TPSA) is 151 Å². The van der Waals surface area contributed by atoms with Crippen LogP contribution in [0.1, 0.15) is 25.6 Å². The molecule has 29 heavy (non-hydrogen) atoms. The SMILES string of the molecule is CC(=NNc1ncnc2c1ncn2C1O[C@H](CO)[C@@](C)(O)[C@H]1O)c1cccnc1. The average molecular weight is 399 g/mol. The molecule has 0 bridgehead atoms. The van der Waals surface area contributed by atoms with Crippen molar-refractivity contribution in [3.8, 4) is 0 Å². The van der Waals surface area contributed by atoms with E-state index in [1.165, 1.54) is 24.1 Å². The van der Waals surface area contributed by atoms with Crippen molar-refractivity contribution in [2.45, 2.75) is 37.9 Å². The first kappa shape index (κ1) is 19.3. The summed E-state index contributed by atoms with van der Waals surface area (Å²) in [5.41, 5.74) is 3.63. The van der Waals surface area contributed by atoms with Gasteiger partial charge in [-0.3, -0.25) is 15.0 Å². The van der Waals surface area contributed by atoms with Crippen LogP contribution < -0.4 is 5.43 Å². The highest BCUT2D eigenvalue weighted by Crippen LogP contribution is 2.38. The van der Waals surface area contributed by atoms with Crippen molar-refractivity contribution in [1.29, 1.82) is 0 Å². The number of imidazole rings is 1. The first-order valence-electron chi connectivity index (χ1n) is 8.98. The van der Waals surface area contributed by atoms with E-state index in [0.29, 0.717) is 22.7 Å². The summed E-state index contributed by atoms with van der Waals surface area (Å²) in [7, 11) is 0. The Morgan fingerprint density at radius 1 is 1.38 bits per heavy atom. The molecule has 1 aliphatic heterocycles. The molecule has 1 saturated heterocycles. The smallest absolute Gasteiger partial charge is 0.177 e. The molecule has 3 aromatic heterocycles. The highest BCUT2D eigenvalue weighted by atomic mass is 16.6. The number of aromatic nitrogens is 5. The third kappa shape index (κ3) is 3.34. The fourth-order valence-electron chi connectivity index (χ4n) is 3.20. The molecule has 0 aromatic carbocycles. The maximum atomic E-state index is 10.5. The third-order valence-electron chi connectivity index (χ3n) is 5.03. The van der Waals surface area contributed by atoms with Crippen LogP contribution in [0.5, 0.6) is 0 Å². The monoisotopic (exact) mass is 399 g/mol. The second-order valence-corrected chi connectivity index (χ2v) is 6.97. The number of hydrazone groups is 1. The zero-order valence-corrected chi connectivity index (χ0v) is 15.8. The fourth-order valence-corrected chi connectivity index (χ4v) is 3.20. The predicted molar refractivity (Wildman–Crippen MR) is 103 cm³/mol. The molecule has 11 nitrogen and oxygen atoms in total. The molecule has 0 amide bonds. The summed E-state index contributed by atoms with van der Waals surface area (Å²) in [6.07, 6.45) is 2.97. The largest absolute Gasteiger partial charge is 0.394 e. The van der Waals surface area contributed by atoms with Crippen LogP contribution in [-0.2, 0) is 4.74 Å². The first-order valence-corrected chi connectivity index (χ1v) is 8.98. The molecule has 4 atom stereocenters. The van der Waals surface area contributed by atoms with Crippen molar-refractivity contribution in [2.75, 3.05) is 12.0 Å². The molecule has 152 valence electrons. The van der Waals surface area contributed by atoms with Gasteiger partial charge in [-0.05, 0) is 19.9 Å². The zero-order chi connectivity index (χ0) is 20.6. The van der Waals surface area contributed by atoms with Gasteiger partial charge in [0.15, 0.2) is 23.2 Å². The average Bonchev–Trinajstić information content (AvgIpc) is 3.26. The van der Waals surface area contributed by atoms with Gasteiger partial charge >= 0.3 is 0 Å². The standard InChI is InChI=1S/C18H21N7O4/c1-10(11-4-3-5-19-6-11)23-24-15-13-16(21-8-20-15)25(9-22-13)17-14(27)18(2,28)12(7-26)29-17/h3-6,8-9,12,14,17,26-28H,7H2,1-2H3,(H,20,21,24)/t12-,14+,17?,18-/m1/s1. The molecule has 0 radical (unpaired) electrons. The van der Waals surface area contributed by atoms with Gasteiger partial charge in [0.2, 0.25) is 0 Å². The van der Waals surface area contributed by atoms with Crippen LogP contribution in [0.3, 0.4) is 0 Å². The molecule has 1 aliphatic rings. The summed E-state index contributed by atoms with van der Waals surface area (Å²) in [6.45, 7) is 2.81. The Hall–Kier alpha value is -2.99. The molecular formula is C18H21N7O4. The number of aliphatic hydroxyl groups excluding tert-OH is 2. The van der Waals surface area contributed by atoms with Crippen LogP contribution >= 0.6 is 0 Å². The number of aliphatic hydroxyl groups is 3. The van der Waals surface area contributed by atoms with Crippen molar-refractivity contribution in [3.63, 3.8) is 0 Å².